The summed E-state index contributed by atoms with van der Waals surface area (Å²) in [6.45, 7) is 2.04. The minimum Gasteiger partial charge on any atom is -0.316 e. The van der Waals surface area contributed by atoms with E-state index in [2.05, 4.69) is 17.4 Å². The molecule has 1 atom stereocenters. The van der Waals surface area contributed by atoms with Crippen LogP contribution in [0.5, 0.6) is 0 Å². The summed E-state index contributed by atoms with van der Waals surface area (Å²) in [4.78, 5) is 0. The van der Waals surface area contributed by atoms with Crippen molar-refractivity contribution < 1.29 is 8.78 Å². The van der Waals surface area contributed by atoms with Crippen molar-refractivity contribution in [3.8, 4) is 0 Å². The quantitative estimate of drug-likeness (QED) is 0.878. The summed E-state index contributed by atoms with van der Waals surface area (Å²) in [6.07, 6.45) is 1.08. The van der Waals surface area contributed by atoms with Gasteiger partial charge in [0.1, 0.15) is 11.6 Å². The second kappa shape index (κ2) is 6.62. The highest BCUT2D eigenvalue weighted by atomic mass is 19.1. The molecule has 0 aromatic heterocycles. The van der Waals surface area contributed by atoms with Crippen molar-refractivity contribution >= 4 is 0 Å². The third-order valence-corrected chi connectivity index (χ3v) is 3.52. The molecule has 1 nitrogen and oxygen atoms in total. The average Bonchev–Trinajstić information content (AvgIpc) is 2.44. The molecule has 2 aromatic rings. The van der Waals surface area contributed by atoms with E-state index in [-0.39, 0.29) is 11.6 Å². The highest BCUT2D eigenvalue weighted by Gasteiger charge is 2.15. The van der Waals surface area contributed by atoms with Crippen LogP contribution in [0.15, 0.2) is 42.5 Å². The largest absolute Gasteiger partial charge is 0.316 e. The number of benzene rings is 2. The van der Waals surface area contributed by atoms with Crippen LogP contribution >= 0.6 is 0 Å². The van der Waals surface area contributed by atoms with Gasteiger partial charge in [-0.1, -0.05) is 35.9 Å². The molecular weight excluding hydrogens is 256 g/mol. The summed E-state index contributed by atoms with van der Waals surface area (Å²) >= 11 is 0. The van der Waals surface area contributed by atoms with Gasteiger partial charge in [-0.15, -0.1) is 0 Å². The SMILES string of the molecule is CNC(Cc1ccc(C)cc1)Cc1c(F)cccc1F. The van der Waals surface area contributed by atoms with Crippen LogP contribution in [0.3, 0.4) is 0 Å². The van der Waals surface area contributed by atoms with Crippen molar-refractivity contribution in [3.05, 3.63) is 70.8 Å². The van der Waals surface area contributed by atoms with Crippen LogP contribution in [0.2, 0.25) is 0 Å². The summed E-state index contributed by atoms with van der Waals surface area (Å²) in [5.74, 6) is -0.955. The van der Waals surface area contributed by atoms with Crippen molar-refractivity contribution in [2.75, 3.05) is 7.05 Å². The number of aryl methyl sites for hydroxylation is 1. The predicted molar refractivity (Wildman–Crippen MR) is 77.8 cm³/mol. The fourth-order valence-electron chi connectivity index (χ4n) is 2.26. The van der Waals surface area contributed by atoms with E-state index in [1.165, 1.54) is 23.8 Å². The van der Waals surface area contributed by atoms with Gasteiger partial charge in [-0.3, -0.25) is 0 Å². The molecule has 20 heavy (non-hydrogen) atoms. The van der Waals surface area contributed by atoms with Gasteiger partial charge in [-0.25, -0.2) is 8.78 Å². The molecule has 1 N–H and O–H groups in total. The Balaban J connectivity index is 2.11. The van der Waals surface area contributed by atoms with Crippen LogP contribution in [-0.4, -0.2) is 13.1 Å². The first-order valence-corrected chi connectivity index (χ1v) is 6.76. The van der Waals surface area contributed by atoms with Crippen LogP contribution in [0.1, 0.15) is 16.7 Å². The smallest absolute Gasteiger partial charge is 0.129 e. The Morgan fingerprint density at radius 3 is 2.10 bits per heavy atom. The molecule has 2 rings (SSSR count). The van der Waals surface area contributed by atoms with E-state index >= 15 is 0 Å². The van der Waals surface area contributed by atoms with Crippen LogP contribution in [0.25, 0.3) is 0 Å². The first kappa shape index (κ1) is 14.7. The molecule has 2 aromatic carbocycles. The van der Waals surface area contributed by atoms with Crippen LogP contribution in [0, 0.1) is 18.6 Å². The lowest BCUT2D eigenvalue weighted by molar-refractivity contribution is 0.502. The van der Waals surface area contributed by atoms with Gasteiger partial charge in [0.05, 0.1) is 0 Å². The van der Waals surface area contributed by atoms with Gasteiger partial charge in [-0.05, 0) is 44.5 Å². The average molecular weight is 275 g/mol. The standard InChI is InChI=1S/C17H19F2N/c1-12-6-8-13(9-7-12)10-14(20-2)11-15-16(18)4-3-5-17(15)19/h3-9,14,20H,10-11H2,1-2H3. The lowest BCUT2D eigenvalue weighted by Gasteiger charge is -2.17. The highest BCUT2D eigenvalue weighted by molar-refractivity contribution is 5.24. The number of likely N-dealkylation sites (N-methyl/N-ethyl adjacent to an activating group) is 1. The van der Waals surface area contributed by atoms with E-state index in [0.29, 0.717) is 6.42 Å². The number of nitrogens with one attached hydrogen (secondary N) is 1. The molecule has 0 aliphatic carbocycles. The van der Waals surface area contributed by atoms with Gasteiger partial charge in [0, 0.05) is 11.6 Å². The molecule has 0 saturated carbocycles. The number of rotatable bonds is 5. The normalized spacial score (nSPS) is 12.4. The third kappa shape index (κ3) is 3.64. The third-order valence-electron chi connectivity index (χ3n) is 3.52. The summed E-state index contributed by atoms with van der Waals surface area (Å²) in [5.41, 5.74) is 2.51. The molecule has 0 fully saturated rings. The van der Waals surface area contributed by atoms with Crippen molar-refractivity contribution in [2.24, 2.45) is 0 Å². The molecule has 0 bridgehead atoms. The fourth-order valence-corrected chi connectivity index (χ4v) is 2.26. The second-order valence-electron chi connectivity index (χ2n) is 5.08. The molecule has 0 aliphatic rings. The first-order chi connectivity index (χ1) is 9.60. The molecule has 3 heteroatoms. The van der Waals surface area contributed by atoms with Gasteiger partial charge >= 0.3 is 0 Å². The number of hydrogen-bond donors (Lipinski definition) is 1. The maximum atomic E-state index is 13.7. The van der Waals surface area contributed by atoms with Crippen LogP contribution in [-0.2, 0) is 12.8 Å². The van der Waals surface area contributed by atoms with E-state index in [4.69, 9.17) is 0 Å². The van der Waals surface area contributed by atoms with E-state index < -0.39 is 11.6 Å². The zero-order valence-electron chi connectivity index (χ0n) is 11.8. The predicted octanol–water partition coefficient (Wildman–Crippen LogP) is 3.65. The Labute approximate surface area is 118 Å². The Hall–Kier alpha value is -1.74. The Kier molecular flexibility index (Phi) is 4.85. The molecule has 106 valence electrons. The minimum absolute atomic E-state index is 0.00380. The Morgan fingerprint density at radius 2 is 1.55 bits per heavy atom. The minimum atomic E-state index is -0.478. The van der Waals surface area contributed by atoms with Gasteiger partial charge in [0.15, 0.2) is 0 Å². The summed E-state index contributed by atoms with van der Waals surface area (Å²) < 4.78 is 27.3. The zero-order chi connectivity index (χ0) is 14.5. The molecular formula is C17H19F2N. The molecule has 1 unspecified atom stereocenters. The fraction of sp³-hybridized carbons (Fsp3) is 0.294. The molecule has 0 spiro atoms. The lowest BCUT2D eigenvalue weighted by Crippen LogP contribution is -2.30. The summed E-state index contributed by atoms with van der Waals surface area (Å²) in [7, 11) is 1.82. The first-order valence-electron chi connectivity index (χ1n) is 6.76. The molecule has 0 saturated heterocycles. The molecule has 0 heterocycles. The Bertz CT molecular complexity index is 543. The van der Waals surface area contributed by atoms with Gasteiger partial charge in [0.2, 0.25) is 0 Å². The van der Waals surface area contributed by atoms with E-state index in [1.54, 1.807) is 0 Å². The highest BCUT2D eigenvalue weighted by Crippen LogP contribution is 2.16. The van der Waals surface area contributed by atoms with Gasteiger partial charge < -0.3 is 5.32 Å². The summed E-state index contributed by atoms with van der Waals surface area (Å²) in [6, 6.07) is 12.2. The molecule has 0 radical (unpaired) electrons. The lowest BCUT2D eigenvalue weighted by atomic mass is 9.98. The molecule has 0 amide bonds. The van der Waals surface area contributed by atoms with Crippen molar-refractivity contribution in [1.82, 2.24) is 5.32 Å². The van der Waals surface area contributed by atoms with Crippen molar-refractivity contribution in [1.29, 1.82) is 0 Å². The van der Waals surface area contributed by atoms with Crippen molar-refractivity contribution in [3.63, 3.8) is 0 Å². The maximum Gasteiger partial charge on any atom is 0.129 e. The van der Waals surface area contributed by atoms with E-state index in [0.717, 1.165) is 12.0 Å². The van der Waals surface area contributed by atoms with Crippen molar-refractivity contribution in [2.45, 2.75) is 25.8 Å². The maximum absolute atomic E-state index is 13.7. The second-order valence-corrected chi connectivity index (χ2v) is 5.08. The molecule has 0 aliphatic heterocycles. The van der Waals surface area contributed by atoms with Crippen LogP contribution < -0.4 is 5.32 Å². The van der Waals surface area contributed by atoms with Crippen LogP contribution in [0.4, 0.5) is 8.78 Å². The monoisotopic (exact) mass is 275 g/mol. The summed E-state index contributed by atoms with van der Waals surface area (Å²) in [5, 5.41) is 3.13. The Morgan fingerprint density at radius 1 is 0.950 bits per heavy atom. The number of hydrogen-bond acceptors (Lipinski definition) is 1. The van der Waals surface area contributed by atoms with E-state index in [9.17, 15) is 8.78 Å². The topological polar surface area (TPSA) is 12.0 Å². The zero-order valence-corrected chi connectivity index (χ0v) is 11.8. The number of halogens is 2. The van der Waals surface area contributed by atoms with E-state index in [1.807, 2.05) is 26.1 Å². The van der Waals surface area contributed by atoms with Gasteiger partial charge in [-0.2, -0.15) is 0 Å². The van der Waals surface area contributed by atoms with Gasteiger partial charge in [0.25, 0.3) is 0 Å².